The van der Waals surface area contributed by atoms with Crippen molar-refractivity contribution in [2.75, 3.05) is 19.6 Å². The molecule has 3 heteroatoms. The van der Waals surface area contributed by atoms with E-state index in [0.29, 0.717) is 17.9 Å². The Kier molecular flexibility index (Phi) is 5.40. The van der Waals surface area contributed by atoms with Gasteiger partial charge in [-0.05, 0) is 36.4 Å². The van der Waals surface area contributed by atoms with Gasteiger partial charge in [-0.25, -0.2) is 0 Å². The molecule has 0 spiro atoms. The average Bonchev–Trinajstić information content (AvgIpc) is 2.97. The van der Waals surface area contributed by atoms with Crippen LogP contribution in [0.4, 0.5) is 0 Å². The average molecular weight is 288 g/mol. The van der Waals surface area contributed by atoms with Crippen LogP contribution in [0.15, 0.2) is 24.3 Å². The second kappa shape index (κ2) is 7.08. The summed E-state index contributed by atoms with van der Waals surface area (Å²) in [5.74, 6) is 1.05. The first-order chi connectivity index (χ1) is 10.0. The lowest BCUT2D eigenvalue weighted by atomic mass is 9.95. The maximum absolute atomic E-state index is 13.1. The van der Waals surface area contributed by atoms with Crippen LogP contribution in [0.5, 0.6) is 0 Å². The van der Waals surface area contributed by atoms with Crippen LogP contribution in [0.25, 0.3) is 0 Å². The van der Waals surface area contributed by atoms with Crippen molar-refractivity contribution in [3.05, 3.63) is 35.4 Å². The van der Waals surface area contributed by atoms with Gasteiger partial charge in [0.2, 0.25) is 0 Å². The number of hydrogen-bond acceptors (Lipinski definition) is 2. The summed E-state index contributed by atoms with van der Waals surface area (Å²) < 4.78 is 0. The fraction of sp³-hybridized carbons (Fsp3) is 0.611. The van der Waals surface area contributed by atoms with E-state index in [2.05, 4.69) is 44.0 Å². The van der Waals surface area contributed by atoms with Gasteiger partial charge >= 0.3 is 0 Å². The molecule has 1 heterocycles. The first kappa shape index (κ1) is 16.0. The van der Waals surface area contributed by atoms with E-state index >= 15 is 0 Å². The van der Waals surface area contributed by atoms with Crippen LogP contribution in [-0.4, -0.2) is 36.5 Å². The highest BCUT2D eigenvalue weighted by molar-refractivity contribution is 5.96. The number of benzene rings is 1. The zero-order chi connectivity index (χ0) is 15.4. The fourth-order valence-corrected chi connectivity index (χ4v) is 3.05. The lowest BCUT2D eigenvalue weighted by Crippen LogP contribution is -2.44. The van der Waals surface area contributed by atoms with E-state index < -0.39 is 0 Å². The van der Waals surface area contributed by atoms with Crippen molar-refractivity contribution in [1.82, 2.24) is 10.2 Å². The number of carbonyl (C=O) groups is 1. The van der Waals surface area contributed by atoms with Crippen molar-refractivity contribution >= 4 is 5.91 Å². The zero-order valence-electron chi connectivity index (χ0n) is 13.7. The summed E-state index contributed by atoms with van der Waals surface area (Å²) in [6.07, 6.45) is 1.06. The third kappa shape index (κ3) is 3.85. The summed E-state index contributed by atoms with van der Waals surface area (Å²) in [6.45, 7) is 11.4. The van der Waals surface area contributed by atoms with Crippen molar-refractivity contribution in [3.8, 4) is 0 Å². The first-order valence-electron chi connectivity index (χ1n) is 8.11. The van der Waals surface area contributed by atoms with Crippen LogP contribution < -0.4 is 5.32 Å². The molecule has 21 heavy (non-hydrogen) atoms. The zero-order valence-corrected chi connectivity index (χ0v) is 13.7. The number of amides is 1. The Bertz CT molecular complexity index is 476. The largest absolute Gasteiger partial charge is 0.334 e. The van der Waals surface area contributed by atoms with Crippen molar-refractivity contribution in [2.45, 2.75) is 46.1 Å². The quantitative estimate of drug-likeness (QED) is 0.902. The number of hydrogen-bond donors (Lipinski definition) is 1. The molecule has 1 fully saturated rings. The summed E-state index contributed by atoms with van der Waals surface area (Å²) in [5.41, 5.74) is 2.03. The molecule has 1 N–H and O–H groups in total. The minimum absolute atomic E-state index is 0.196. The van der Waals surface area contributed by atoms with Crippen LogP contribution in [-0.2, 0) is 0 Å². The van der Waals surface area contributed by atoms with Gasteiger partial charge in [0, 0.05) is 24.7 Å². The summed E-state index contributed by atoms with van der Waals surface area (Å²) in [7, 11) is 0. The van der Waals surface area contributed by atoms with Crippen LogP contribution in [0.2, 0.25) is 0 Å². The maximum atomic E-state index is 13.1. The molecule has 0 saturated carbocycles. The van der Waals surface area contributed by atoms with Gasteiger partial charge in [0.25, 0.3) is 5.91 Å². The Morgan fingerprint density at radius 1 is 1.29 bits per heavy atom. The van der Waals surface area contributed by atoms with Gasteiger partial charge in [0.15, 0.2) is 0 Å². The summed E-state index contributed by atoms with van der Waals surface area (Å²) >= 11 is 0. The minimum Gasteiger partial charge on any atom is -0.334 e. The molecular formula is C18H28N2O. The van der Waals surface area contributed by atoms with Crippen LogP contribution in [0.1, 0.15) is 56.0 Å². The van der Waals surface area contributed by atoms with E-state index in [1.165, 1.54) is 0 Å². The standard InChI is InChI=1S/C18H28N2O/c1-13(2)12-20(15-9-10-19-11-15)18(21)17-8-6-5-7-16(17)14(3)4/h5-8,13-15,19H,9-12H2,1-4H3/t15-/m0/s1. The van der Waals surface area contributed by atoms with Crippen molar-refractivity contribution in [2.24, 2.45) is 5.92 Å². The van der Waals surface area contributed by atoms with E-state index in [-0.39, 0.29) is 5.91 Å². The molecule has 1 aliphatic heterocycles. The molecule has 0 bridgehead atoms. The molecule has 1 aromatic carbocycles. The van der Waals surface area contributed by atoms with E-state index in [1.54, 1.807) is 0 Å². The maximum Gasteiger partial charge on any atom is 0.254 e. The summed E-state index contributed by atoms with van der Waals surface area (Å²) in [4.78, 5) is 15.2. The molecule has 116 valence electrons. The van der Waals surface area contributed by atoms with Gasteiger partial charge in [-0.3, -0.25) is 4.79 Å². The van der Waals surface area contributed by atoms with Gasteiger partial charge in [0.05, 0.1) is 0 Å². The van der Waals surface area contributed by atoms with Gasteiger partial charge in [-0.15, -0.1) is 0 Å². The molecule has 1 aromatic rings. The minimum atomic E-state index is 0.196. The van der Waals surface area contributed by atoms with Crippen LogP contribution >= 0.6 is 0 Å². The molecule has 1 saturated heterocycles. The van der Waals surface area contributed by atoms with Crippen molar-refractivity contribution < 1.29 is 4.79 Å². The van der Waals surface area contributed by atoms with Gasteiger partial charge in [-0.1, -0.05) is 45.9 Å². The van der Waals surface area contributed by atoms with Crippen molar-refractivity contribution in [1.29, 1.82) is 0 Å². The first-order valence-corrected chi connectivity index (χ1v) is 8.11. The molecule has 2 rings (SSSR count). The number of nitrogens with zero attached hydrogens (tertiary/aromatic N) is 1. The van der Waals surface area contributed by atoms with Crippen LogP contribution in [0.3, 0.4) is 0 Å². The van der Waals surface area contributed by atoms with Gasteiger partial charge in [-0.2, -0.15) is 0 Å². The van der Waals surface area contributed by atoms with E-state index in [4.69, 9.17) is 0 Å². The molecule has 1 aliphatic rings. The predicted octanol–water partition coefficient (Wildman–Crippen LogP) is 3.27. The lowest BCUT2D eigenvalue weighted by molar-refractivity contribution is 0.0665. The third-order valence-electron chi connectivity index (χ3n) is 4.11. The number of nitrogens with one attached hydrogen (secondary N) is 1. The molecule has 0 unspecified atom stereocenters. The normalized spacial score (nSPS) is 18.5. The van der Waals surface area contributed by atoms with E-state index in [1.807, 2.05) is 18.2 Å². The smallest absolute Gasteiger partial charge is 0.254 e. The second-order valence-electron chi connectivity index (χ2n) is 6.74. The monoisotopic (exact) mass is 288 g/mol. The highest BCUT2D eigenvalue weighted by atomic mass is 16.2. The molecular weight excluding hydrogens is 260 g/mol. The predicted molar refractivity (Wildman–Crippen MR) is 87.7 cm³/mol. The lowest BCUT2D eigenvalue weighted by Gasteiger charge is -2.31. The Morgan fingerprint density at radius 2 is 2.00 bits per heavy atom. The third-order valence-corrected chi connectivity index (χ3v) is 4.11. The second-order valence-corrected chi connectivity index (χ2v) is 6.74. The van der Waals surface area contributed by atoms with Crippen LogP contribution in [0, 0.1) is 5.92 Å². The highest BCUT2D eigenvalue weighted by Gasteiger charge is 2.29. The summed E-state index contributed by atoms with van der Waals surface area (Å²) in [5, 5.41) is 3.38. The molecule has 3 nitrogen and oxygen atoms in total. The molecule has 1 amide bonds. The Morgan fingerprint density at radius 3 is 2.57 bits per heavy atom. The summed E-state index contributed by atoms with van der Waals surface area (Å²) in [6, 6.07) is 8.39. The molecule has 1 atom stereocenters. The topological polar surface area (TPSA) is 32.3 Å². The molecule has 0 radical (unpaired) electrons. The fourth-order valence-electron chi connectivity index (χ4n) is 3.05. The molecule has 0 aliphatic carbocycles. The van der Waals surface area contributed by atoms with Crippen molar-refractivity contribution in [3.63, 3.8) is 0 Å². The van der Waals surface area contributed by atoms with E-state index in [9.17, 15) is 4.79 Å². The van der Waals surface area contributed by atoms with Gasteiger partial charge in [0.1, 0.15) is 0 Å². The Balaban J connectivity index is 2.29. The number of carbonyl (C=O) groups excluding carboxylic acids is 1. The van der Waals surface area contributed by atoms with E-state index in [0.717, 1.165) is 37.2 Å². The number of rotatable bonds is 5. The molecule has 0 aromatic heterocycles. The Hall–Kier alpha value is -1.35. The van der Waals surface area contributed by atoms with Gasteiger partial charge < -0.3 is 10.2 Å². The Labute approximate surface area is 128 Å². The SMILES string of the molecule is CC(C)CN(C(=O)c1ccccc1C(C)C)[C@H]1CCNC1. The highest BCUT2D eigenvalue weighted by Crippen LogP contribution is 2.23.